The molecule has 1 saturated heterocycles. The molecule has 0 saturated carbocycles. The van der Waals surface area contributed by atoms with Gasteiger partial charge in [0, 0.05) is 7.05 Å². The Morgan fingerprint density at radius 1 is 1.47 bits per heavy atom. The summed E-state index contributed by atoms with van der Waals surface area (Å²) in [6.45, 7) is -0.988. The zero-order valence-corrected chi connectivity index (χ0v) is 8.15. The number of aliphatic hydroxyl groups is 2. The Hall–Kier alpha value is -0.790. The molecular formula is C8H14F2N2O3. The lowest BCUT2D eigenvalue weighted by Gasteiger charge is -2.38. The number of nitrogens with one attached hydrogen (secondary N) is 2. The number of carbonyl (C=O) groups is 1. The predicted octanol–water partition coefficient (Wildman–Crippen LogP) is -1.90. The third-order valence-corrected chi connectivity index (χ3v) is 2.50. The second-order valence-corrected chi connectivity index (χ2v) is 3.44. The van der Waals surface area contributed by atoms with Gasteiger partial charge in [-0.15, -0.1) is 0 Å². The highest BCUT2D eigenvalue weighted by Gasteiger charge is 2.46. The molecule has 1 heterocycles. The summed E-state index contributed by atoms with van der Waals surface area (Å²) in [4.78, 5) is 11.2. The quantitative estimate of drug-likeness (QED) is 0.442. The van der Waals surface area contributed by atoms with Gasteiger partial charge >= 0.3 is 0 Å². The van der Waals surface area contributed by atoms with Gasteiger partial charge in [-0.3, -0.25) is 10.1 Å². The van der Waals surface area contributed by atoms with E-state index in [1.807, 2.05) is 0 Å². The van der Waals surface area contributed by atoms with E-state index in [1.165, 1.54) is 7.05 Å². The third kappa shape index (κ3) is 2.24. The van der Waals surface area contributed by atoms with Gasteiger partial charge in [0.1, 0.15) is 24.9 Å². The average molecular weight is 224 g/mol. The molecule has 15 heavy (non-hydrogen) atoms. The Morgan fingerprint density at radius 3 is 2.53 bits per heavy atom. The van der Waals surface area contributed by atoms with E-state index in [-0.39, 0.29) is 0 Å². The Balaban J connectivity index is 2.78. The van der Waals surface area contributed by atoms with Crippen molar-refractivity contribution < 1.29 is 23.8 Å². The van der Waals surface area contributed by atoms with Gasteiger partial charge in [0.25, 0.3) is 0 Å². The second-order valence-electron chi connectivity index (χ2n) is 3.44. The van der Waals surface area contributed by atoms with Crippen LogP contribution in [0.25, 0.3) is 0 Å². The average Bonchev–Trinajstić information content (AvgIpc) is 2.25. The molecule has 0 aromatic rings. The normalized spacial score (nSPS) is 41.3. The van der Waals surface area contributed by atoms with Crippen LogP contribution >= 0.6 is 0 Å². The molecule has 1 aliphatic heterocycles. The van der Waals surface area contributed by atoms with E-state index < -0.39 is 43.0 Å². The molecule has 1 fully saturated rings. The molecule has 0 aromatic carbocycles. The molecule has 88 valence electrons. The van der Waals surface area contributed by atoms with Crippen molar-refractivity contribution in [3.8, 4) is 0 Å². The Morgan fingerprint density at radius 2 is 2.07 bits per heavy atom. The minimum Gasteiger partial charge on any atom is -0.389 e. The van der Waals surface area contributed by atoms with Crippen LogP contribution in [0.2, 0.25) is 0 Å². The van der Waals surface area contributed by atoms with E-state index in [4.69, 9.17) is 0 Å². The summed E-state index contributed by atoms with van der Waals surface area (Å²) in [7, 11) is 1.30. The number of hydrogen-bond donors (Lipinski definition) is 4. The van der Waals surface area contributed by atoms with Crippen LogP contribution in [0.5, 0.6) is 0 Å². The van der Waals surface area contributed by atoms with Crippen LogP contribution in [0.4, 0.5) is 8.78 Å². The van der Waals surface area contributed by atoms with Crippen LogP contribution in [0.15, 0.2) is 0 Å². The van der Waals surface area contributed by atoms with Crippen molar-refractivity contribution in [2.75, 3.05) is 13.7 Å². The molecule has 4 N–H and O–H groups in total. The van der Waals surface area contributed by atoms with Crippen LogP contribution in [-0.4, -0.2) is 60.3 Å². The summed E-state index contributed by atoms with van der Waals surface area (Å²) in [6.07, 6.45) is -5.26. The lowest BCUT2D eigenvalue weighted by molar-refractivity contribution is -0.135. The van der Waals surface area contributed by atoms with Gasteiger partial charge in [0.15, 0.2) is 6.17 Å². The first-order chi connectivity index (χ1) is 7.02. The lowest BCUT2D eigenvalue weighted by atomic mass is 9.91. The molecule has 7 heteroatoms. The predicted molar refractivity (Wildman–Crippen MR) is 47.7 cm³/mol. The molecular weight excluding hydrogens is 210 g/mol. The summed E-state index contributed by atoms with van der Waals surface area (Å²) < 4.78 is 25.8. The number of amides is 1. The van der Waals surface area contributed by atoms with Crippen LogP contribution in [0.1, 0.15) is 0 Å². The van der Waals surface area contributed by atoms with E-state index in [1.54, 1.807) is 0 Å². The van der Waals surface area contributed by atoms with Gasteiger partial charge in [-0.25, -0.2) is 8.78 Å². The molecule has 0 spiro atoms. The highest BCUT2D eigenvalue weighted by molar-refractivity contribution is 5.82. The molecule has 5 unspecified atom stereocenters. The fourth-order valence-corrected chi connectivity index (χ4v) is 1.56. The summed E-state index contributed by atoms with van der Waals surface area (Å²) in [5.41, 5.74) is 0. The van der Waals surface area contributed by atoms with Crippen LogP contribution in [0, 0.1) is 0 Å². The van der Waals surface area contributed by atoms with E-state index >= 15 is 0 Å². The zero-order chi connectivity index (χ0) is 11.6. The van der Waals surface area contributed by atoms with Crippen molar-refractivity contribution in [3.05, 3.63) is 0 Å². The number of aliphatic hydroxyl groups excluding tert-OH is 2. The van der Waals surface area contributed by atoms with Gasteiger partial charge in [0.05, 0.1) is 6.04 Å². The topological polar surface area (TPSA) is 81.6 Å². The largest absolute Gasteiger partial charge is 0.389 e. The van der Waals surface area contributed by atoms with Crippen molar-refractivity contribution >= 4 is 5.91 Å². The van der Waals surface area contributed by atoms with Crippen LogP contribution in [-0.2, 0) is 4.79 Å². The Labute approximate surface area is 85.5 Å². The first kappa shape index (κ1) is 12.3. The SMILES string of the molecule is CNC(=O)C1NC(CF)C(O)C(O)C1F. The number of halogens is 2. The summed E-state index contributed by atoms with van der Waals surface area (Å²) >= 11 is 0. The van der Waals surface area contributed by atoms with Crippen LogP contribution < -0.4 is 10.6 Å². The zero-order valence-electron chi connectivity index (χ0n) is 8.15. The van der Waals surface area contributed by atoms with Crippen molar-refractivity contribution in [1.29, 1.82) is 0 Å². The van der Waals surface area contributed by atoms with Gasteiger partial charge in [-0.05, 0) is 0 Å². The lowest BCUT2D eigenvalue weighted by Crippen LogP contribution is -2.67. The molecule has 5 nitrogen and oxygen atoms in total. The van der Waals surface area contributed by atoms with Gasteiger partial charge < -0.3 is 15.5 Å². The maximum atomic E-state index is 13.4. The molecule has 0 aliphatic carbocycles. The van der Waals surface area contributed by atoms with E-state index in [9.17, 15) is 23.8 Å². The number of piperidine rings is 1. The number of likely N-dealkylation sites (N-methyl/N-ethyl adjacent to an activating group) is 1. The summed E-state index contributed by atoms with van der Waals surface area (Å²) in [6, 6.07) is -2.47. The van der Waals surface area contributed by atoms with Gasteiger partial charge in [-0.1, -0.05) is 0 Å². The minimum absolute atomic E-state index is 0.688. The molecule has 0 aromatic heterocycles. The Bertz CT molecular complexity index is 240. The monoisotopic (exact) mass is 224 g/mol. The number of hydrogen-bond acceptors (Lipinski definition) is 4. The number of carbonyl (C=O) groups excluding carboxylic acids is 1. The maximum Gasteiger partial charge on any atom is 0.240 e. The molecule has 5 atom stereocenters. The van der Waals surface area contributed by atoms with Crippen molar-refractivity contribution in [1.82, 2.24) is 10.6 Å². The standard InChI is InChI=1S/C8H14F2N2O3/c1-11-8(15)5-4(10)7(14)6(13)3(2-9)12-5/h3-7,12-14H,2H2,1H3,(H,11,15). The van der Waals surface area contributed by atoms with E-state index in [2.05, 4.69) is 10.6 Å². The van der Waals surface area contributed by atoms with Crippen molar-refractivity contribution in [2.45, 2.75) is 30.5 Å². The minimum atomic E-state index is -1.96. The Kier molecular flexibility index (Phi) is 3.95. The first-order valence-corrected chi connectivity index (χ1v) is 4.56. The van der Waals surface area contributed by atoms with Gasteiger partial charge in [-0.2, -0.15) is 0 Å². The van der Waals surface area contributed by atoms with Crippen molar-refractivity contribution in [2.24, 2.45) is 0 Å². The summed E-state index contributed by atoms with van der Waals surface area (Å²) in [5.74, 6) is -0.688. The molecule has 1 aliphatic rings. The molecule has 1 amide bonds. The molecule has 1 rings (SSSR count). The fraction of sp³-hybridized carbons (Fsp3) is 0.875. The van der Waals surface area contributed by atoms with Crippen LogP contribution in [0.3, 0.4) is 0 Å². The summed E-state index contributed by atoms with van der Waals surface area (Å²) in [5, 5.41) is 23.0. The number of rotatable bonds is 2. The number of alkyl halides is 2. The highest BCUT2D eigenvalue weighted by atomic mass is 19.1. The van der Waals surface area contributed by atoms with E-state index in [0.717, 1.165) is 0 Å². The third-order valence-electron chi connectivity index (χ3n) is 2.50. The smallest absolute Gasteiger partial charge is 0.240 e. The van der Waals surface area contributed by atoms with E-state index in [0.29, 0.717) is 0 Å². The fourth-order valence-electron chi connectivity index (χ4n) is 1.56. The molecule has 0 bridgehead atoms. The maximum absolute atomic E-state index is 13.4. The van der Waals surface area contributed by atoms with Gasteiger partial charge in [0.2, 0.25) is 5.91 Å². The first-order valence-electron chi connectivity index (χ1n) is 4.56. The molecule has 0 radical (unpaired) electrons. The highest BCUT2D eigenvalue weighted by Crippen LogP contribution is 2.18. The second kappa shape index (κ2) is 4.82. The van der Waals surface area contributed by atoms with Crippen molar-refractivity contribution in [3.63, 3.8) is 0 Å².